The summed E-state index contributed by atoms with van der Waals surface area (Å²) in [6.07, 6.45) is 13.7. The quantitative estimate of drug-likeness (QED) is 0.188. The molecule has 8 bridgehead atoms. The van der Waals surface area contributed by atoms with Crippen LogP contribution in [0.15, 0.2) is 0 Å². The molecule has 8 rings (SSSR count). The van der Waals surface area contributed by atoms with Gasteiger partial charge in [-0.3, -0.25) is 9.59 Å². The average Bonchev–Trinajstić information content (AvgIpc) is 3.27. The van der Waals surface area contributed by atoms with E-state index in [1.165, 1.54) is 64.2 Å². The minimum atomic E-state index is -1.16. The van der Waals surface area contributed by atoms with Crippen LogP contribution in [0, 0.1) is 50.7 Å². The van der Waals surface area contributed by atoms with Gasteiger partial charge in [0, 0.05) is 5.33 Å². The van der Waals surface area contributed by atoms with E-state index in [1.807, 2.05) is 13.8 Å². The molecular weight excluding hydrogens is 492 g/mol. The van der Waals surface area contributed by atoms with E-state index >= 15 is 0 Å². The Morgan fingerprint density at radius 3 is 1.62 bits per heavy atom. The zero-order valence-electron chi connectivity index (χ0n) is 21.4. The van der Waals surface area contributed by atoms with Gasteiger partial charge in [0.15, 0.2) is 5.41 Å². The lowest BCUT2D eigenvalue weighted by Gasteiger charge is -2.49. The summed E-state index contributed by atoms with van der Waals surface area (Å²) >= 11 is 3.92. The van der Waals surface area contributed by atoms with Crippen LogP contribution in [0.1, 0.15) is 97.8 Å². The lowest BCUT2D eigenvalue weighted by atomic mass is 9.54. The molecule has 0 aromatic heterocycles. The van der Waals surface area contributed by atoms with Gasteiger partial charge in [0.25, 0.3) is 0 Å². The normalized spacial score (nSPS) is 47.5. The van der Waals surface area contributed by atoms with Crippen molar-refractivity contribution in [1.29, 1.82) is 0 Å². The standard InChI is InChI=1S/C29H43BrO4/c1-4-33-23(31)29(24(32)34-5-2,16-26-10-19-6-20(11-26)9-25(26,3)8-19)17-27-12-21-7-22(13-27)15-28(27,14-21)18-30/h19-22H,4-18H2,1-3H3. The van der Waals surface area contributed by atoms with E-state index in [-0.39, 0.29) is 33.6 Å². The number of esters is 2. The molecule has 0 aliphatic heterocycles. The largest absolute Gasteiger partial charge is 0.465 e. The predicted octanol–water partition coefficient (Wildman–Crippen LogP) is 6.69. The Hall–Kier alpha value is -0.580. The van der Waals surface area contributed by atoms with E-state index in [0.29, 0.717) is 26.1 Å². The van der Waals surface area contributed by atoms with E-state index < -0.39 is 5.41 Å². The molecule has 4 atom stereocenters. The fourth-order valence-corrected chi connectivity index (χ4v) is 12.7. The zero-order chi connectivity index (χ0) is 24.0. The minimum absolute atomic E-state index is 0.0524. The molecule has 0 aromatic carbocycles. The number of hydrogen-bond donors (Lipinski definition) is 0. The van der Waals surface area contributed by atoms with Gasteiger partial charge in [-0.15, -0.1) is 0 Å². The molecule has 0 saturated heterocycles. The van der Waals surface area contributed by atoms with Gasteiger partial charge in [0.2, 0.25) is 0 Å². The van der Waals surface area contributed by atoms with Crippen LogP contribution in [-0.2, 0) is 19.1 Å². The average molecular weight is 536 g/mol. The Labute approximate surface area is 213 Å². The van der Waals surface area contributed by atoms with Gasteiger partial charge in [0.1, 0.15) is 0 Å². The van der Waals surface area contributed by atoms with Crippen LogP contribution < -0.4 is 0 Å². The Balaban J connectivity index is 1.44. The third-order valence-corrected chi connectivity index (χ3v) is 13.2. The van der Waals surface area contributed by atoms with Gasteiger partial charge in [0.05, 0.1) is 13.2 Å². The molecule has 0 amide bonds. The molecule has 34 heavy (non-hydrogen) atoms. The number of hydrogen-bond acceptors (Lipinski definition) is 4. The highest BCUT2D eigenvalue weighted by molar-refractivity contribution is 9.09. The van der Waals surface area contributed by atoms with Gasteiger partial charge in [-0.2, -0.15) is 0 Å². The number of halogens is 1. The number of carbonyl (C=O) groups excluding carboxylic acids is 2. The zero-order valence-corrected chi connectivity index (χ0v) is 23.0. The Kier molecular flexibility index (Phi) is 5.40. The third-order valence-electron chi connectivity index (χ3n) is 12.2. The summed E-state index contributed by atoms with van der Waals surface area (Å²) in [5.41, 5.74) is -0.560. The summed E-state index contributed by atoms with van der Waals surface area (Å²) in [5.74, 6) is 2.46. The monoisotopic (exact) mass is 534 g/mol. The summed E-state index contributed by atoms with van der Waals surface area (Å²) in [5, 5.41) is 0.988. The lowest BCUT2D eigenvalue weighted by Crippen LogP contribution is -2.52. The van der Waals surface area contributed by atoms with Crippen LogP contribution in [0.25, 0.3) is 0 Å². The molecule has 0 aromatic rings. The molecule has 4 unspecified atom stereocenters. The van der Waals surface area contributed by atoms with E-state index in [9.17, 15) is 9.59 Å². The first kappa shape index (κ1) is 23.8. The van der Waals surface area contributed by atoms with Gasteiger partial charge in [-0.1, -0.05) is 22.9 Å². The van der Waals surface area contributed by atoms with Crippen molar-refractivity contribution in [1.82, 2.24) is 0 Å². The second-order valence-electron chi connectivity index (χ2n) is 14.0. The van der Waals surface area contributed by atoms with Crippen molar-refractivity contribution >= 4 is 27.9 Å². The van der Waals surface area contributed by atoms with Crippen LogP contribution in [0.3, 0.4) is 0 Å². The van der Waals surface area contributed by atoms with Crippen LogP contribution in [-0.4, -0.2) is 30.5 Å². The summed E-state index contributed by atoms with van der Waals surface area (Å²) in [6, 6.07) is 0. The van der Waals surface area contributed by atoms with Crippen molar-refractivity contribution in [3.63, 3.8) is 0 Å². The molecule has 190 valence electrons. The van der Waals surface area contributed by atoms with Crippen molar-refractivity contribution in [3.8, 4) is 0 Å². The summed E-state index contributed by atoms with van der Waals surface area (Å²) < 4.78 is 11.6. The number of alkyl halides is 1. The lowest BCUT2D eigenvalue weighted by molar-refractivity contribution is -0.181. The summed E-state index contributed by atoms with van der Waals surface area (Å²) in [6.45, 7) is 6.85. The topological polar surface area (TPSA) is 52.6 Å². The summed E-state index contributed by atoms with van der Waals surface area (Å²) in [4.78, 5) is 28.2. The second kappa shape index (κ2) is 7.71. The molecule has 0 spiro atoms. The van der Waals surface area contributed by atoms with Gasteiger partial charge in [-0.05, 0) is 136 Å². The third kappa shape index (κ3) is 3.00. The maximum atomic E-state index is 14.1. The van der Waals surface area contributed by atoms with Gasteiger partial charge >= 0.3 is 11.9 Å². The Morgan fingerprint density at radius 1 is 0.735 bits per heavy atom. The van der Waals surface area contributed by atoms with Gasteiger partial charge < -0.3 is 9.47 Å². The molecule has 0 heterocycles. The van der Waals surface area contributed by atoms with Crippen LogP contribution in [0.2, 0.25) is 0 Å². The predicted molar refractivity (Wildman–Crippen MR) is 134 cm³/mol. The second-order valence-corrected chi connectivity index (χ2v) is 14.5. The molecule has 5 heteroatoms. The minimum Gasteiger partial charge on any atom is -0.465 e. The van der Waals surface area contributed by atoms with Crippen molar-refractivity contribution in [2.24, 2.45) is 50.7 Å². The van der Waals surface area contributed by atoms with Crippen molar-refractivity contribution < 1.29 is 19.1 Å². The number of ether oxygens (including phenoxy) is 2. The molecule has 0 N–H and O–H groups in total. The smallest absolute Gasteiger partial charge is 0.323 e. The van der Waals surface area contributed by atoms with Crippen LogP contribution in [0.4, 0.5) is 0 Å². The van der Waals surface area contributed by atoms with E-state index in [1.54, 1.807) is 0 Å². The van der Waals surface area contributed by atoms with Gasteiger partial charge in [-0.25, -0.2) is 0 Å². The first-order valence-corrected chi connectivity index (χ1v) is 15.2. The first-order chi connectivity index (χ1) is 16.2. The molecular formula is C29H43BrO4. The van der Waals surface area contributed by atoms with E-state index in [4.69, 9.17) is 9.47 Å². The Bertz CT molecular complexity index is 833. The van der Waals surface area contributed by atoms with Crippen molar-refractivity contribution in [3.05, 3.63) is 0 Å². The molecule has 4 nitrogen and oxygen atoms in total. The van der Waals surface area contributed by atoms with Crippen molar-refractivity contribution in [2.45, 2.75) is 97.8 Å². The Morgan fingerprint density at radius 2 is 1.15 bits per heavy atom. The maximum Gasteiger partial charge on any atom is 0.323 e. The van der Waals surface area contributed by atoms with Crippen LogP contribution in [0.5, 0.6) is 0 Å². The highest BCUT2D eigenvalue weighted by Gasteiger charge is 2.72. The number of rotatable bonds is 9. The number of carbonyl (C=O) groups is 2. The summed E-state index contributed by atoms with van der Waals surface area (Å²) in [7, 11) is 0. The molecule has 8 saturated carbocycles. The fraction of sp³-hybridized carbons (Fsp3) is 0.931. The molecule has 0 radical (unpaired) electrons. The van der Waals surface area contributed by atoms with Crippen LogP contribution >= 0.6 is 15.9 Å². The fourth-order valence-electron chi connectivity index (χ4n) is 11.7. The SMILES string of the molecule is CCOC(=O)C(CC12CC3CC(CC1(C)C3)C2)(CC12CC3CC(CC1(CBr)C3)C2)C(=O)OCC. The maximum absolute atomic E-state index is 14.1. The molecule has 8 fully saturated rings. The highest BCUT2D eigenvalue weighted by Crippen LogP contribution is 2.78. The van der Waals surface area contributed by atoms with E-state index in [0.717, 1.165) is 29.0 Å². The first-order valence-electron chi connectivity index (χ1n) is 14.1. The van der Waals surface area contributed by atoms with Crippen molar-refractivity contribution in [2.75, 3.05) is 18.5 Å². The highest BCUT2D eigenvalue weighted by atomic mass is 79.9. The van der Waals surface area contributed by atoms with E-state index in [2.05, 4.69) is 22.9 Å². The molecule has 8 aliphatic rings. The molecule has 8 aliphatic carbocycles.